The van der Waals surface area contributed by atoms with Crippen LogP contribution in [0.5, 0.6) is 0 Å². The van der Waals surface area contributed by atoms with E-state index in [-0.39, 0.29) is 11.1 Å². The Bertz CT molecular complexity index is 441. The Labute approximate surface area is 94.8 Å². The van der Waals surface area contributed by atoms with Crippen molar-refractivity contribution < 1.29 is 14.0 Å². The van der Waals surface area contributed by atoms with Crippen molar-refractivity contribution in [2.24, 2.45) is 0 Å². The Balaban J connectivity index is 1.99. The van der Waals surface area contributed by atoms with Crippen molar-refractivity contribution in [2.75, 3.05) is 11.1 Å². The fourth-order valence-corrected chi connectivity index (χ4v) is 2.00. The van der Waals surface area contributed by atoms with Crippen LogP contribution in [0.1, 0.15) is 0 Å². The summed E-state index contributed by atoms with van der Waals surface area (Å²) < 4.78 is 12.7. The highest BCUT2D eigenvalue weighted by Gasteiger charge is 2.28. The van der Waals surface area contributed by atoms with Crippen LogP contribution < -0.4 is 10.6 Å². The van der Waals surface area contributed by atoms with Gasteiger partial charge in [-0.25, -0.2) is 4.98 Å². The Morgan fingerprint density at radius 1 is 1.62 bits per heavy atom. The zero-order valence-electron chi connectivity index (χ0n) is 8.07. The number of hydrogen-bond donors (Lipinski definition) is 2. The standard InChI is InChI=1S/C9H8FN3O2S/c10-6-2-1-3-7(12-6)13-8(14)5-4-16-9(15)11-5/h1-3,5H,4H2,(H,11,15)(H,12,13,14). The van der Waals surface area contributed by atoms with Crippen LogP contribution in [-0.4, -0.2) is 27.9 Å². The quantitative estimate of drug-likeness (QED) is 0.757. The number of carbonyl (C=O) groups excluding carboxylic acids is 2. The summed E-state index contributed by atoms with van der Waals surface area (Å²) in [6, 6.07) is 3.52. The van der Waals surface area contributed by atoms with Gasteiger partial charge >= 0.3 is 0 Å². The van der Waals surface area contributed by atoms with Crippen LogP contribution in [0.2, 0.25) is 0 Å². The normalized spacial score (nSPS) is 19.3. The molecule has 7 heteroatoms. The van der Waals surface area contributed by atoms with Crippen LogP contribution in [0.3, 0.4) is 0 Å². The van der Waals surface area contributed by atoms with E-state index >= 15 is 0 Å². The van der Waals surface area contributed by atoms with Gasteiger partial charge in [0.05, 0.1) is 0 Å². The first kappa shape index (κ1) is 10.9. The van der Waals surface area contributed by atoms with Crippen molar-refractivity contribution in [3.63, 3.8) is 0 Å². The predicted molar refractivity (Wildman–Crippen MR) is 57.6 cm³/mol. The number of nitrogens with one attached hydrogen (secondary N) is 2. The molecule has 1 unspecified atom stereocenters. The van der Waals surface area contributed by atoms with Crippen molar-refractivity contribution in [1.29, 1.82) is 0 Å². The minimum absolute atomic E-state index is 0.135. The number of rotatable bonds is 2. The van der Waals surface area contributed by atoms with Crippen LogP contribution in [0, 0.1) is 5.95 Å². The van der Waals surface area contributed by atoms with E-state index in [1.54, 1.807) is 0 Å². The number of halogens is 1. The maximum atomic E-state index is 12.7. The summed E-state index contributed by atoms with van der Waals surface area (Å²) in [4.78, 5) is 25.9. The number of amides is 2. The van der Waals surface area contributed by atoms with Gasteiger partial charge in [-0.05, 0) is 12.1 Å². The molecule has 1 aromatic heterocycles. The first-order valence-electron chi connectivity index (χ1n) is 4.52. The van der Waals surface area contributed by atoms with Crippen molar-refractivity contribution in [3.8, 4) is 0 Å². The molecule has 16 heavy (non-hydrogen) atoms. The van der Waals surface area contributed by atoms with E-state index in [2.05, 4.69) is 15.6 Å². The van der Waals surface area contributed by atoms with Crippen LogP contribution in [0.4, 0.5) is 15.0 Å². The third-order valence-electron chi connectivity index (χ3n) is 1.96. The number of thioether (sulfide) groups is 1. The van der Waals surface area contributed by atoms with Gasteiger partial charge in [-0.3, -0.25) is 9.59 Å². The Morgan fingerprint density at radius 3 is 3.06 bits per heavy atom. The average Bonchev–Trinajstić information content (AvgIpc) is 2.65. The van der Waals surface area contributed by atoms with Gasteiger partial charge in [0.25, 0.3) is 5.24 Å². The summed E-state index contributed by atoms with van der Waals surface area (Å²) in [5.74, 6) is -0.546. The minimum atomic E-state index is -0.664. The smallest absolute Gasteiger partial charge is 0.279 e. The molecule has 5 nitrogen and oxygen atoms in total. The van der Waals surface area contributed by atoms with Crippen LogP contribution in [-0.2, 0) is 4.79 Å². The second-order valence-electron chi connectivity index (χ2n) is 3.13. The van der Waals surface area contributed by atoms with Gasteiger partial charge in [-0.1, -0.05) is 17.8 Å². The van der Waals surface area contributed by atoms with Gasteiger partial charge in [-0.2, -0.15) is 4.39 Å². The van der Waals surface area contributed by atoms with Gasteiger partial charge in [0, 0.05) is 5.75 Å². The highest BCUT2D eigenvalue weighted by molar-refractivity contribution is 8.14. The topological polar surface area (TPSA) is 71.1 Å². The second-order valence-corrected chi connectivity index (χ2v) is 4.12. The molecule has 1 aromatic rings. The molecule has 0 radical (unpaired) electrons. The molecule has 0 bridgehead atoms. The lowest BCUT2D eigenvalue weighted by atomic mass is 10.3. The van der Waals surface area contributed by atoms with E-state index in [0.717, 1.165) is 11.8 Å². The van der Waals surface area contributed by atoms with E-state index in [1.807, 2.05) is 0 Å². The molecule has 84 valence electrons. The van der Waals surface area contributed by atoms with Gasteiger partial charge in [-0.15, -0.1) is 0 Å². The summed E-state index contributed by atoms with van der Waals surface area (Å²) in [6.45, 7) is 0. The number of anilines is 1. The lowest BCUT2D eigenvalue weighted by Gasteiger charge is -2.09. The Morgan fingerprint density at radius 2 is 2.44 bits per heavy atom. The van der Waals surface area contributed by atoms with Crippen LogP contribution >= 0.6 is 11.8 Å². The zero-order chi connectivity index (χ0) is 11.5. The molecule has 1 aliphatic heterocycles. The maximum Gasteiger partial charge on any atom is 0.279 e. The molecule has 2 amide bonds. The first-order chi connectivity index (χ1) is 7.65. The van der Waals surface area contributed by atoms with E-state index in [0.29, 0.717) is 5.75 Å². The number of carbonyl (C=O) groups is 2. The van der Waals surface area contributed by atoms with Crippen molar-refractivity contribution in [2.45, 2.75) is 6.04 Å². The molecular weight excluding hydrogens is 233 g/mol. The van der Waals surface area contributed by atoms with E-state index in [9.17, 15) is 14.0 Å². The molecule has 1 aliphatic rings. The molecular formula is C9H8FN3O2S. The van der Waals surface area contributed by atoms with E-state index in [4.69, 9.17) is 0 Å². The molecule has 1 atom stereocenters. The predicted octanol–water partition coefficient (Wildman–Crippen LogP) is 0.984. The fourth-order valence-electron chi connectivity index (χ4n) is 1.22. The summed E-state index contributed by atoms with van der Waals surface area (Å²) >= 11 is 1.04. The SMILES string of the molecule is O=C1NC(C(=O)Nc2cccc(F)n2)CS1. The third-order valence-corrected chi connectivity index (χ3v) is 2.84. The molecule has 0 saturated carbocycles. The minimum Gasteiger partial charge on any atom is -0.334 e. The third kappa shape index (κ3) is 2.48. The van der Waals surface area contributed by atoms with E-state index < -0.39 is 17.9 Å². The molecule has 2 heterocycles. The van der Waals surface area contributed by atoms with Crippen molar-refractivity contribution >= 4 is 28.7 Å². The second kappa shape index (κ2) is 4.48. The summed E-state index contributed by atoms with van der Waals surface area (Å²) in [6.07, 6.45) is 0. The molecule has 0 aromatic carbocycles. The summed E-state index contributed by atoms with van der Waals surface area (Å²) in [5.41, 5.74) is 0. The molecule has 0 spiro atoms. The van der Waals surface area contributed by atoms with Gasteiger partial charge in [0.1, 0.15) is 11.9 Å². The number of nitrogens with zero attached hydrogens (tertiary/aromatic N) is 1. The Kier molecular flexibility index (Phi) is 3.04. The molecule has 1 fully saturated rings. The molecule has 2 N–H and O–H groups in total. The highest BCUT2D eigenvalue weighted by Crippen LogP contribution is 2.14. The first-order valence-corrected chi connectivity index (χ1v) is 5.50. The Hall–Kier alpha value is -1.63. The summed E-state index contributed by atoms with van der Waals surface area (Å²) in [5, 5.41) is 4.68. The maximum absolute atomic E-state index is 12.7. The lowest BCUT2D eigenvalue weighted by molar-refractivity contribution is -0.117. The largest absolute Gasteiger partial charge is 0.334 e. The lowest BCUT2D eigenvalue weighted by Crippen LogP contribution is -2.38. The monoisotopic (exact) mass is 241 g/mol. The van der Waals surface area contributed by atoms with Crippen LogP contribution in [0.25, 0.3) is 0 Å². The van der Waals surface area contributed by atoms with Crippen molar-refractivity contribution in [3.05, 3.63) is 24.1 Å². The van der Waals surface area contributed by atoms with Crippen LogP contribution in [0.15, 0.2) is 18.2 Å². The average molecular weight is 241 g/mol. The van der Waals surface area contributed by atoms with Gasteiger partial charge in [0.15, 0.2) is 0 Å². The number of aromatic nitrogens is 1. The molecule has 2 rings (SSSR count). The number of pyridine rings is 1. The summed E-state index contributed by atoms with van der Waals surface area (Å²) in [7, 11) is 0. The van der Waals surface area contributed by atoms with E-state index in [1.165, 1.54) is 18.2 Å². The highest BCUT2D eigenvalue weighted by atomic mass is 32.2. The number of hydrogen-bond acceptors (Lipinski definition) is 4. The van der Waals surface area contributed by atoms with Crippen molar-refractivity contribution in [1.82, 2.24) is 10.3 Å². The zero-order valence-corrected chi connectivity index (χ0v) is 8.88. The van der Waals surface area contributed by atoms with Gasteiger partial charge < -0.3 is 10.6 Å². The molecule has 1 saturated heterocycles. The fraction of sp³-hybridized carbons (Fsp3) is 0.222. The molecule has 0 aliphatic carbocycles. The van der Waals surface area contributed by atoms with Gasteiger partial charge in [0.2, 0.25) is 11.9 Å².